The normalized spacial score (nSPS) is 19.7. The number of benzene rings is 1. The number of Topliss-reactive ketones (excluding diaryl/α,β-unsaturated/α-hetero) is 1. The fourth-order valence-corrected chi connectivity index (χ4v) is 5.63. The first-order valence-electron chi connectivity index (χ1n) is 12.5. The van der Waals surface area contributed by atoms with Gasteiger partial charge in [0.1, 0.15) is 28.7 Å². The van der Waals surface area contributed by atoms with Crippen LogP contribution >= 0.6 is 15.9 Å². The van der Waals surface area contributed by atoms with Crippen LogP contribution in [0.25, 0.3) is 22.0 Å². The van der Waals surface area contributed by atoms with Gasteiger partial charge in [0.05, 0.1) is 5.52 Å². The Morgan fingerprint density at radius 2 is 1.90 bits per heavy atom. The number of rotatable bonds is 6. The van der Waals surface area contributed by atoms with E-state index in [4.69, 9.17) is 5.73 Å². The van der Waals surface area contributed by atoms with E-state index in [1.54, 1.807) is 17.3 Å². The number of hydrogen-bond donors (Lipinski definition) is 2. The number of nitrogen functional groups attached to an aromatic ring is 1. The predicted molar refractivity (Wildman–Crippen MR) is 148 cm³/mol. The minimum Gasteiger partial charge on any atom is -0.368 e. The number of pyridine rings is 1. The van der Waals surface area contributed by atoms with Crippen LogP contribution in [-0.4, -0.2) is 59.8 Å². The largest absolute Gasteiger partial charge is 0.368 e. The number of nitrogens with zero attached hydrogens (tertiary/aromatic N) is 6. The van der Waals surface area contributed by atoms with E-state index in [-0.39, 0.29) is 41.7 Å². The summed E-state index contributed by atoms with van der Waals surface area (Å²) in [6.07, 6.45) is 4.14. The van der Waals surface area contributed by atoms with Crippen molar-refractivity contribution in [3.63, 3.8) is 0 Å². The zero-order valence-electron chi connectivity index (χ0n) is 21.3. The number of carbonyl (C=O) groups excluding carboxylic acids is 3. The molecule has 2 fully saturated rings. The van der Waals surface area contributed by atoms with Gasteiger partial charge in [-0.05, 0) is 70.4 Å². The van der Waals surface area contributed by atoms with Crippen molar-refractivity contribution in [1.29, 1.82) is 0 Å². The third kappa shape index (κ3) is 4.65. The Morgan fingerprint density at radius 1 is 1.13 bits per heavy atom. The van der Waals surface area contributed by atoms with E-state index < -0.39 is 6.04 Å². The number of likely N-dealkylation sites (tertiary alicyclic amines) is 1. The van der Waals surface area contributed by atoms with Crippen LogP contribution in [0.4, 0.5) is 11.8 Å². The number of halogens is 1. The quantitative estimate of drug-likeness (QED) is 0.257. The molecular formula is C27H25BrN8O3. The van der Waals surface area contributed by atoms with Gasteiger partial charge < -0.3 is 16.0 Å². The molecule has 1 aliphatic heterocycles. The molecule has 6 rings (SSSR count). The van der Waals surface area contributed by atoms with Gasteiger partial charge in [-0.3, -0.25) is 19.1 Å². The van der Waals surface area contributed by atoms with E-state index >= 15 is 0 Å². The van der Waals surface area contributed by atoms with Crippen LogP contribution in [0.2, 0.25) is 0 Å². The standard InChI is InChI=1S/C27H25BrN8O3/c1-13-3-6-21(28)32-25(13)33-26(39)24-18-8-16(18)11-35(24)22(38)12-36-20-5-4-15(17-9-30-27(29)31-10-17)7-19(20)23(34-36)14(2)37/h3-7,9-10,16,18,24H,8,11-12H2,1-2H3,(H2,29,30,31)(H,32,33,39)/t16-,18-,24+/m1/s1. The molecule has 2 aliphatic rings. The summed E-state index contributed by atoms with van der Waals surface area (Å²) < 4.78 is 2.15. The van der Waals surface area contributed by atoms with Crippen molar-refractivity contribution in [2.45, 2.75) is 32.9 Å². The number of hydrogen-bond acceptors (Lipinski definition) is 8. The highest BCUT2D eigenvalue weighted by Gasteiger charge is 2.56. The Balaban J connectivity index is 1.27. The van der Waals surface area contributed by atoms with E-state index in [0.717, 1.165) is 23.1 Å². The van der Waals surface area contributed by atoms with Crippen molar-refractivity contribution < 1.29 is 14.4 Å². The van der Waals surface area contributed by atoms with Crippen LogP contribution < -0.4 is 11.1 Å². The maximum atomic E-state index is 13.6. The van der Waals surface area contributed by atoms with E-state index in [1.807, 2.05) is 37.3 Å². The number of ketones is 1. The van der Waals surface area contributed by atoms with Gasteiger partial charge >= 0.3 is 0 Å². The van der Waals surface area contributed by atoms with Gasteiger partial charge in [0.15, 0.2) is 5.78 Å². The molecule has 1 aliphatic carbocycles. The Labute approximate surface area is 231 Å². The zero-order chi connectivity index (χ0) is 27.4. The number of anilines is 2. The topological polar surface area (TPSA) is 149 Å². The van der Waals surface area contributed by atoms with Crippen LogP contribution in [0.1, 0.15) is 29.4 Å². The summed E-state index contributed by atoms with van der Waals surface area (Å²) in [5.74, 6) is 0.404. The van der Waals surface area contributed by atoms with Gasteiger partial charge in [-0.1, -0.05) is 12.1 Å². The Morgan fingerprint density at radius 3 is 2.64 bits per heavy atom. The molecule has 3 N–H and O–H groups in total. The predicted octanol–water partition coefficient (Wildman–Crippen LogP) is 3.23. The average Bonchev–Trinajstić information content (AvgIpc) is 3.41. The first-order valence-corrected chi connectivity index (χ1v) is 13.3. The van der Waals surface area contributed by atoms with Crippen molar-refractivity contribution in [1.82, 2.24) is 29.6 Å². The first kappa shape index (κ1) is 25.1. The number of carbonyl (C=O) groups is 3. The van der Waals surface area contributed by atoms with Crippen LogP contribution in [0.15, 0.2) is 47.3 Å². The summed E-state index contributed by atoms with van der Waals surface area (Å²) in [7, 11) is 0. The lowest BCUT2D eigenvalue weighted by atomic mass is 10.0. The molecule has 0 bridgehead atoms. The molecule has 1 saturated carbocycles. The summed E-state index contributed by atoms with van der Waals surface area (Å²) >= 11 is 3.34. The molecule has 3 aromatic heterocycles. The Kier molecular flexibility index (Phi) is 6.13. The van der Waals surface area contributed by atoms with Gasteiger partial charge in [0, 0.05) is 36.8 Å². The number of piperidine rings is 1. The number of nitrogens with two attached hydrogens (primary N) is 1. The fraction of sp³-hybridized carbons (Fsp3) is 0.296. The van der Waals surface area contributed by atoms with Crippen molar-refractivity contribution in [3.05, 3.63) is 58.6 Å². The number of aryl methyl sites for hydroxylation is 1. The second-order valence-corrected chi connectivity index (χ2v) is 10.9. The van der Waals surface area contributed by atoms with Gasteiger partial charge in [0.2, 0.25) is 17.8 Å². The molecule has 4 aromatic rings. The molecule has 11 nitrogen and oxygen atoms in total. The Hall–Kier alpha value is -4.19. The second-order valence-electron chi connectivity index (χ2n) is 10.1. The monoisotopic (exact) mass is 588 g/mol. The smallest absolute Gasteiger partial charge is 0.248 e. The number of amides is 2. The average molecular weight is 589 g/mol. The number of nitrogens with one attached hydrogen (secondary N) is 1. The highest BCUT2D eigenvalue weighted by atomic mass is 79.9. The molecule has 2 amide bonds. The van der Waals surface area contributed by atoms with Crippen LogP contribution in [-0.2, 0) is 16.1 Å². The number of fused-ring (bicyclic) bond motifs is 2. The van der Waals surface area contributed by atoms with Gasteiger partial charge in [0.25, 0.3) is 0 Å². The van der Waals surface area contributed by atoms with Crippen LogP contribution in [0.3, 0.4) is 0 Å². The molecule has 0 radical (unpaired) electrons. The Bertz CT molecular complexity index is 1650. The lowest BCUT2D eigenvalue weighted by Crippen LogP contribution is -2.47. The SMILES string of the molecule is CC(=O)c1nn(CC(=O)N2C[C@H]3C[C@H]3[C@H]2C(=O)Nc2nc(Br)ccc2C)c2ccc(-c3cnc(N)nc3)cc12. The minimum absolute atomic E-state index is 0.0918. The molecule has 198 valence electrons. The molecule has 12 heteroatoms. The molecule has 39 heavy (non-hydrogen) atoms. The van der Waals surface area contributed by atoms with Crippen molar-refractivity contribution >= 4 is 56.2 Å². The maximum Gasteiger partial charge on any atom is 0.248 e. The molecule has 1 aromatic carbocycles. The first-order chi connectivity index (χ1) is 18.7. The van der Waals surface area contributed by atoms with E-state index in [1.165, 1.54) is 11.6 Å². The lowest BCUT2D eigenvalue weighted by Gasteiger charge is -2.27. The fourth-order valence-electron chi connectivity index (χ4n) is 5.33. The molecular weight excluding hydrogens is 564 g/mol. The maximum absolute atomic E-state index is 13.6. The summed E-state index contributed by atoms with van der Waals surface area (Å²) in [6.45, 7) is 3.74. The highest BCUT2D eigenvalue weighted by Crippen LogP contribution is 2.50. The zero-order valence-corrected chi connectivity index (χ0v) is 22.8. The van der Waals surface area contributed by atoms with Gasteiger partial charge in [-0.15, -0.1) is 0 Å². The number of aromatic nitrogens is 5. The summed E-state index contributed by atoms with van der Waals surface area (Å²) in [5, 5.41) is 8.03. The summed E-state index contributed by atoms with van der Waals surface area (Å²) in [4.78, 5) is 53.4. The van der Waals surface area contributed by atoms with Crippen LogP contribution in [0.5, 0.6) is 0 Å². The van der Waals surface area contributed by atoms with Crippen LogP contribution in [0, 0.1) is 18.8 Å². The second kappa shape index (κ2) is 9.53. The third-order valence-electron chi connectivity index (χ3n) is 7.42. The highest BCUT2D eigenvalue weighted by molar-refractivity contribution is 9.10. The minimum atomic E-state index is -0.575. The molecule has 4 heterocycles. The third-order valence-corrected chi connectivity index (χ3v) is 7.86. The summed E-state index contributed by atoms with van der Waals surface area (Å²) in [6, 6.07) is 8.62. The molecule has 3 atom stereocenters. The molecule has 0 unspecified atom stereocenters. The molecule has 1 saturated heterocycles. The van der Waals surface area contributed by atoms with Gasteiger partial charge in [-0.2, -0.15) is 5.10 Å². The van der Waals surface area contributed by atoms with Gasteiger partial charge in [-0.25, -0.2) is 15.0 Å². The van der Waals surface area contributed by atoms with Crippen molar-refractivity contribution in [2.24, 2.45) is 11.8 Å². The van der Waals surface area contributed by atoms with E-state index in [2.05, 4.69) is 41.3 Å². The lowest BCUT2D eigenvalue weighted by molar-refractivity contribution is -0.138. The van der Waals surface area contributed by atoms with E-state index in [9.17, 15) is 14.4 Å². The summed E-state index contributed by atoms with van der Waals surface area (Å²) in [5.41, 5.74) is 8.89. The van der Waals surface area contributed by atoms with Crippen molar-refractivity contribution in [3.8, 4) is 11.1 Å². The molecule has 0 spiro atoms. The van der Waals surface area contributed by atoms with E-state index in [0.29, 0.717) is 33.8 Å². The van der Waals surface area contributed by atoms with Crippen molar-refractivity contribution in [2.75, 3.05) is 17.6 Å².